The van der Waals surface area contributed by atoms with Crippen LogP contribution < -0.4 is 0 Å². The van der Waals surface area contributed by atoms with Gasteiger partial charge >= 0.3 is 0 Å². The third-order valence-electron chi connectivity index (χ3n) is 4.09. The molecule has 0 spiro atoms. The van der Waals surface area contributed by atoms with Gasteiger partial charge in [-0.3, -0.25) is 4.79 Å². The number of carbonyl (C=O) groups is 1. The van der Waals surface area contributed by atoms with E-state index < -0.39 is 9.84 Å². The molecule has 2 aromatic carbocycles. The second-order valence-electron chi connectivity index (χ2n) is 5.98. The first-order valence-corrected chi connectivity index (χ1v) is 9.63. The number of likely N-dealkylation sites (tertiary alicyclic amines) is 1. The van der Waals surface area contributed by atoms with E-state index in [1.807, 2.05) is 35.2 Å². The van der Waals surface area contributed by atoms with Gasteiger partial charge in [-0.2, -0.15) is 0 Å². The summed E-state index contributed by atoms with van der Waals surface area (Å²) in [6, 6.07) is 17.0. The van der Waals surface area contributed by atoms with Crippen LogP contribution in [0.2, 0.25) is 0 Å². The summed E-state index contributed by atoms with van der Waals surface area (Å²) in [6.07, 6.45) is 2.18. The molecular weight excluding hydrogens is 310 g/mol. The van der Waals surface area contributed by atoms with Gasteiger partial charge < -0.3 is 4.90 Å². The molecule has 1 heterocycles. The van der Waals surface area contributed by atoms with Gasteiger partial charge in [-0.25, -0.2) is 8.42 Å². The Labute approximate surface area is 136 Å². The summed E-state index contributed by atoms with van der Waals surface area (Å²) in [5.74, 6) is -0.00585. The highest BCUT2D eigenvalue weighted by Crippen LogP contribution is 2.34. The number of hydrogen-bond acceptors (Lipinski definition) is 3. The van der Waals surface area contributed by atoms with Crippen LogP contribution in [0.15, 0.2) is 54.6 Å². The molecule has 1 fully saturated rings. The Morgan fingerprint density at radius 3 is 2.26 bits per heavy atom. The molecule has 1 amide bonds. The highest BCUT2D eigenvalue weighted by atomic mass is 32.2. The number of carbonyl (C=O) groups excluding carboxylic acids is 1. The number of sulfone groups is 1. The number of amides is 1. The van der Waals surface area contributed by atoms with Crippen molar-refractivity contribution >= 4 is 15.7 Å². The molecule has 1 atom stereocenters. The number of rotatable bonds is 4. The average molecular weight is 329 g/mol. The highest BCUT2D eigenvalue weighted by molar-refractivity contribution is 7.89. The van der Waals surface area contributed by atoms with Crippen molar-refractivity contribution < 1.29 is 13.2 Å². The lowest BCUT2D eigenvalue weighted by molar-refractivity contribution is 0.0460. The van der Waals surface area contributed by atoms with Gasteiger partial charge in [-0.05, 0) is 29.7 Å². The zero-order valence-corrected chi connectivity index (χ0v) is 13.8. The maximum absolute atomic E-state index is 12.6. The van der Waals surface area contributed by atoms with Crippen LogP contribution in [0, 0.1) is 0 Å². The third kappa shape index (κ3) is 3.62. The monoisotopic (exact) mass is 329 g/mol. The zero-order chi connectivity index (χ0) is 16.4. The Morgan fingerprint density at radius 2 is 1.74 bits per heavy atom. The van der Waals surface area contributed by atoms with E-state index in [4.69, 9.17) is 0 Å². The second kappa shape index (κ2) is 6.16. The quantitative estimate of drug-likeness (QED) is 0.867. The molecular formula is C18H19NO3S. The summed E-state index contributed by atoms with van der Waals surface area (Å²) in [7, 11) is -3.06. The third-order valence-corrected chi connectivity index (χ3v) is 4.95. The molecule has 0 aliphatic carbocycles. The number of hydrogen-bond donors (Lipinski definition) is 0. The molecule has 5 heteroatoms. The zero-order valence-electron chi connectivity index (χ0n) is 13.0. The maximum atomic E-state index is 12.6. The van der Waals surface area contributed by atoms with Gasteiger partial charge in [0, 0.05) is 18.4 Å². The molecule has 2 aromatic rings. The molecule has 0 radical (unpaired) electrons. The van der Waals surface area contributed by atoms with E-state index in [-0.39, 0.29) is 17.7 Å². The van der Waals surface area contributed by atoms with Crippen LogP contribution in [0.4, 0.5) is 0 Å². The summed E-state index contributed by atoms with van der Waals surface area (Å²) < 4.78 is 22.6. The van der Waals surface area contributed by atoms with E-state index >= 15 is 0 Å². The molecule has 4 nitrogen and oxygen atoms in total. The van der Waals surface area contributed by atoms with Crippen LogP contribution in [-0.4, -0.2) is 32.0 Å². The van der Waals surface area contributed by atoms with Crippen LogP contribution in [0.1, 0.15) is 33.9 Å². The second-order valence-corrected chi connectivity index (χ2v) is 8.12. The fraction of sp³-hybridized carbons (Fsp3) is 0.278. The maximum Gasteiger partial charge on any atom is 0.254 e. The lowest BCUT2D eigenvalue weighted by atomic mass is 9.93. The highest BCUT2D eigenvalue weighted by Gasteiger charge is 2.33. The molecule has 3 rings (SSSR count). The van der Waals surface area contributed by atoms with E-state index in [0.717, 1.165) is 18.5 Å². The molecule has 0 aromatic heterocycles. The molecule has 120 valence electrons. The van der Waals surface area contributed by atoms with Crippen molar-refractivity contribution in [3.8, 4) is 0 Å². The van der Waals surface area contributed by atoms with E-state index in [1.54, 1.807) is 24.3 Å². The van der Waals surface area contributed by atoms with E-state index in [9.17, 15) is 13.2 Å². The van der Waals surface area contributed by atoms with Crippen molar-refractivity contribution in [1.29, 1.82) is 0 Å². The van der Waals surface area contributed by atoms with Gasteiger partial charge in [0.05, 0.1) is 11.8 Å². The van der Waals surface area contributed by atoms with Crippen molar-refractivity contribution in [1.82, 2.24) is 4.90 Å². The van der Waals surface area contributed by atoms with Crippen LogP contribution in [0.5, 0.6) is 0 Å². The Kier molecular flexibility index (Phi) is 4.22. The predicted octanol–water partition coefficient (Wildman–Crippen LogP) is 2.82. The minimum Gasteiger partial charge on any atom is -0.331 e. The SMILES string of the molecule is CS(=O)(=O)Cc1ccc(C(=O)N2CCC2c2ccccc2)cc1. The normalized spacial score (nSPS) is 17.6. The molecule has 1 saturated heterocycles. The summed E-state index contributed by atoms with van der Waals surface area (Å²) in [5.41, 5.74) is 2.45. The van der Waals surface area contributed by atoms with Crippen molar-refractivity contribution in [2.75, 3.05) is 12.8 Å². The molecule has 0 bridgehead atoms. The standard InChI is InChI=1S/C18H19NO3S/c1-23(21,22)13-14-7-9-16(10-8-14)18(20)19-12-11-17(19)15-5-3-2-4-6-15/h2-10,17H,11-13H2,1H3. The van der Waals surface area contributed by atoms with Crippen LogP contribution in [-0.2, 0) is 15.6 Å². The molecule has 0 saturated carbocycles. The smallest absolute Gasteiger partial charge is 0.254 e. The van der Waals surface area contributed by atoms with Crippen molar-refractivity contribution in [2.24, 2.45) is 0 Å². The van der Waals surface area contributed by atoms with Crippen LogP contribution in [0.25, 0.3) is 0 Å². The Bertz CT molecular complexity index is 798. The van der Waals surface area contributed by atoms with Gasteiger partial charge in [0.25, 0.3) is 5.91 Å². The first-order valence-electron chi connectivity index (χ1n) is 7.56. The number of benzene rings is 2. The number of nitrogens with zero attached hydrogens (tertiary/aromatic N) is 1. The molecule has 0 N–H and O–H groups in total. The fourth-order valence-electron chi connectivity index (χ4n) is 2.86. The van der Waals surface area contributed by atoms with Gasteiger partial charge in [-0.15, -0.1) is 0 Å². The minimum absolute atomic E-state index is 0.00216. The summed E-state index contributed by atoms with van der Waals surface area (Å²) in [4.78, 5) is 14.5. The van der Waals surface area contributed by atoms with E-state index in [2.05, 4.69) is 0 Å². The van der Waals surface area contributed by atoms with Gasteiger partial charge in [0.1, 0.15) is 0 Å². The molecule has 23 heavy (non-hydrogen) atoms. The first-order chi connectivity index (χ1) is 10.9. The Morgan fingerprint density at radius 1 is 1.09 bits per heavy atom. The lowest BCUT2D eigenvalue weighted by Gasteiger charge is -2.41. The predicted molar refractivity (Wildman–Crippen MR) is 89.8 cm³/mol. The average Bonchev–Trinajstić information content (AvgIpc) is 2.46. The fourth-order valence-corrected chi connectivity index (χ4v) is 3.66. The van der Waals surface area contributed by atoms with Crippen molar-refractivity contribution in [3.05, 3.63) is 71.3 Å². The molecule has 1 unspecified atom stereocenters. The largest absolute Gasteiger partial charge is 0.331 e. The van der Waals surface area contributed by atoms with Crippen molar-refractivity contribution in [2.45, 2.75) is 18.2 Å². The summed E-state index contributed by atoms with van der Waals surface area (Å²) in [5, 5.41) is 0. The topological polar surface area (TPSA) is 54.5 Å². The first kappa shape index (κ1) is 15.7. The lowest BCUT2D eigenvalue weighted by Crippen LogP contribution is -2.45. The minimum atomic E-state index is -3.06. The van der Waals surface area contributed by atoms with Gasteiger partial charge in [0.15, 0.2) is 9.84 Å². The van der Waals surface area contributed by atoms with Gasteiger partial charge in [-0.1, -0.05) is 42.5 Å². The van der Waals surface area contributed by atoms with Crippen LogP contribution in [0.3, 0.4) is 0 Å². The van der Waals surface area contributed by atoms with Crippen LogP contribution >= 0.6 is 0 Å². The Hall–Kier alpha value is -2.14. The van der Waals surface area contributed by atoms with E-state index in [0.29, 0.717) is 11.1 Å². The van der Waals surface area contributed by atoms with Gasteiger partial charge in [0.2, 0.25) is 0 Å². The summed E-state index contributed by atoms with van der Waals surface area (Å²) in [6.45, 7) is 0.753. The van der Waals surface area contributed by atoms with Crippen molar-refractivity contribution in [3.63, 3.8) is 0 Å². The molecule has 1 aliphatic rings. The summed E-state index contributed by atoms with van der Waals surface area (Å²) >= 11 is 0. The Balaban J connectivity index is 1.73. The van der Waals surface area contributed by atoms with E-state index in [1.165, 1.54) is 6.26 Å². The molecule has 1 aliphatic heterocycles.